The van der Waals surface area contributed by atoms with Gasteiger partial charge in [0.1, 0.15) is 5.82 Å². The number of nitrogens with zero attached hydrogens (tertiary/aromatic N) is 1. The maximum Gasteiger partial charge on any atom is 0.337 e. The number of aromatic amines is 1. The van der Waals surface area contributed by atoms with Gasteiger partial charge in [-0.2, -0.15) is 0 Å². The first-order chi connectivity index (χ1) is 12.7. The molecular formula is C20H20ClN3O2S. The SMILES string of the molecule is CCOC(=O)C1=C(N)SC(c2nc3ccccc3[nH]2)C1c1ccccc1.Cl. The largest absolute Gasteiger partial charge is 0.463 e. The molecule has 0 aliphatic carbocycles. The van der Waals surface area contributed by atoms with Gasteiger partial charge < -0.3 is 15.5 Å². The Kier molecular flexibility index (Phi) is 5.77. The molecule has 140 valence electrons. The van der Waals surface area contributed by atoms with E-state index in [2.05, 4.69) is 4.98 Å². The summed E-state index contributed by atoms with van der Waals surface area (Å²) in [5.41, 5.74) is 9.68. The van der Waals surface area contributed by atoms with Crippen molar-refractivity contribution in [2.45, 2.75) is 18.1 Å². The molecule has 1 aromatic heterocycles. The van der Waals surface area contributed by atoms with Crippen LogP contribution >= 0.6 is 24.2 Å². The van der Waals surface area contributed by atoms with E-state index in [1.807, 2.05) is 54.6 Å². The molecule has 3 aromatic rings. The van der Waals surface area contributed by atoms with Crippen LogP contribution in [0.5, 0.6) is 0 Å². The van der Waals surface area contributed by atoms with E-state index in [-0.39, 0.29) is 29.5 Å². The van der Waals surface area contributed by atoms with Crippen LogP contribution in [0.15, 0.2) is 65.2 Å². The zero-order chi connectivity index (χ0) is 18.1. The van der Waals surface area contributed by atoms with Crippen molar-refractivity contribution in [3.8, 4) is 0 Å². The summed E-state index contributed by atoms with van der Waals surface area (Å²) in [7, 11) is 0. The minimum absolute atomic E-state index is 0. The average Bonchev–Trinajstić information content (AvgIpc) is 3.23. The molecule has 3 N–H and O–H groups in total. The Hall–Kier alpha value is -2.44. The molecule has 0 fully saturated rings. The molecule has 7 heteroatoms. The molecule has 0 amide bonds. The van der Waals surface area contributed by atoms with Crippen molar-refractivity contribution in [1.29, 1.82) is 0 Å². The summed E-state index contributed by atoms with van der Waals surface area (Å²) in [6, 6.07) is 17.8. The Morgan fingerprint density at radius 2 is 1.89 bits per heavy atom. The Balaban J connectivity index is 0.00000210. The van der Waals surface area contributed by atoms with Crippen molar-refractivity contribution in [1.82, 2.24) is 9.97 Å². The minimum atomic E-state index is -0.357. The van der Waals surface area contributed by atoms with Crippen LogP contribution in [0.3, 0.4) is 0 Å². The Labute approximate surface area is 167 Å². The molecule has 2 atom stereocenters. The van der Waals surface area contributed by atoms with Crippen molar-refractivity contribution >= 4 is 41.2 Å². The topological polar surface area (TPSA) is 81.0 Å². The zero-order valence-corrected chi connectivity index (χ0v) is 16.3. The van der Waals surface area contributed by atoms with Crippen molar-refractivity contribution in [2.75, 3.05) is 6.61 Å². The molecule has 0 saturated carbocycles. The van der Waals surface area contributed by atoms with Crippen LogP contribution in [0.1, 0.15) is 29.5 Å². The number of esters is 1. The third-order valence-corrected chi connectivity index (χ3v) is 5.69. The van der Waals surface area contributed by atoms with Gasteiger partial charge in [-0.1, -0.05) is 54.2 Å². The fraction of sp³-hybridized carbons (Fsp3) is 0.200. The van der Waals surface area contributed by atoms with Crippen LogP contribution in [0.2, 0.25) is 0 Å². The number of aromatic nitrogens is 2. The molecule has 0 bridgehead atoms. The predicted molar refractivity (Wildman–Crippen MR) is 111 cm³/mol. The molecule has 1 aliphatic heterocycles. The summed E-state index contributed by atoms with van der Waals surface area (Å²) in [6.45, 7) is 2.11. The Morgan fingerprint density at radius 1 is 1.19 bits per heavy atom. The lowest BCUT2D eigenvalue weighted by atomic mass is 9.88. The van der Waals surface area contributed by atoms with Gasteiger partial charge in [-0.05, 0) is 24.6 Å². The summed E-state index contributed by atoms with van der Waals surface area (Å²) in [5, 5.41) is 0.395. The highest BCUT2D eigenvalue weighted by Crippen LogP contribution is 2.54. The molecular weight excluding hydrogens is 382 g/mol. The number of hydrogen-bond donors (Lipinski definition) is 2. The van der Waals surface area contributed by atoms with Crippen LogP contribution in [0.25, 0.3) is 11.0 Å². The summed E-state index contributed by atoms with van der Waals surface area (Å²) in [6.07, 6.45) is 0. The lowest BCUT2D eigenvalue weighted by molar-refractivity contribution is -0.138. The van der Waals surface area contributed by atoms with Crippen LogP contribution < -0.4 is 5.73 Å². The molecule has 0 spiro atoms. The molecule has 4 rings (SSSR count). The lowest BCUT2D eigenvalue weighted by Gasteiger charge is -2.20. The van der Waals surface area contributed by atoms with Gasteiger partial charge in [0.05, 0.1) is 33.5 Å². The number of halogens is 1. The fourth-order valence-corrected chi connectivity index (χ4v) is 4.60. The van der Waals surface area contributed by atoms with Crippen molar-refractivity contribution in [2.24, 2.45) is 5.73 Å². The van der Waals surface area contributed by atoms with Gasteiger partial charge in [0.25, 0.3) is 0 Å². The van der Waals surface area contributed by atoms with Crippen LogP contribution in [-0.2, 0) is 9.53 Å². The number of benzene rings is 2. The highest BCUT2D eigenvalue weighted by atomic mass is 35.5. The summed E-state index contributed by atoms with van der Waals surface area (Å²) in [4.78, 5) is 20.7. The molecule has 1 aliphatic rings. The van der Waals surface area contributed by atoms with E-state index in [4.69, 9.17) is 15.5 Å². The van der Waals surface area contributed by atoms with Gasteiger partial charge in [-0.25, -0.2) is 9.78 Å². The van der Waals surface area contributed by atoms with Gasteiger partial charge in [0.15, 0.2) is 0 Å². The van der Waals surface area contributed by atoms with E-state index >= 15 is 0 Å². The van der Waals surface area contributed by atoms with Crippen LogP contribution in [0.4, 0.5) is 0 Å². The molecule has 2 aromatic carbocycles. The second kappa shape index (κ2) is 8.06. The predicted octanol–water partition coefficient (Wildman–Crippen LogP) is 4.29. The molecule has 27 heavy (non-hydrogen) atoms. The first kappa shape index (κ1) is 19.3. The summed E-state index contributed by atoms with van der Waals surface area (Å²) >= 11 is 1.46. The number of H-pyrrole nitrogens is 1. The van der Waals surface area contributed by atoms with E-state index in [1.54, 1.807) is 6.92 Å². The fourth-order valence-electron chi connectivity index (χ4n) is 3.33. The smallest absolute Gasteiger partial charge is 0.337 e. The average molecular weight is 402 g/mol. The molecule has 2 unspecified atom stereocenters. The van der Waals surface area contributed by atoms with Crippen LogP contribution in [-0.4, -0.2) is 22.5 Å². The van der Waals surface area contributed by atoms with E-state index < -0.39 is 0 Å². The number of thioether (sulfide) groups is 1. The van der Waals surface area contributed by atoms with E-state index in [9.17, 15) is 4.79 Å². The molecule has 0 saturated heterocycles. The van der Waals surface area contributed by atoms with Crippen LogP contribution in [0, 0.1) is 0 Å². The number of fused-ring (bicyclic) bond motifs is 1. The third kappa shape index (κ3) is 3.55. The number of carbonyl (C=O) groups is 1. The molecule has 5 nitrogen and oxygen atoms in total. The highest BCUT2D eigenvalue weighted by Gasteiger charge is 2.42. The number of nitrogens with two attached hydrogens (primary N) is 1. The van der Waals surface area contributed by atoms with Gasteiger partial charge in [0.2, 0.25) is 0 Å². The van der Waals surface area contributed by atoms with Crippen molar-refractivity contribution < 1.29 is 9.53 Å². The number of ether oxygens (including phenoxy) is 1. The summed E-state index contributed by atoms with van der Waals surface area (Å²) in [5.74, 6) is 0.248. The summed E-state index contributed by atoms with van der Waals surface area (Å²) < 4.78 is 5.27. The number of nitrogens with one attached hydrogen (secondary N) is 1. The zero-order valence-electron chi connectivity index (χ0n) is 14.7. The lowest BCUT2D eigenvalue weighted by Crippen LogP contribution is -2.17. The molecule has 0 radical (unpaired) electrons. The number of rotatable bonds is 4. The van der Waals surface area contributed by atoms with Gasteiger partial charge in [-0.3, -0.25) is 0 Å². The molecule has 2 heterocycles. The maximum absolute atomic E-state index is 12.6. The minimum Gasteiger partial charge on any atom is -0.463 e. The third-order valence-electron chi connectivity index (χ3n) is 4.46. The van der Waals surface area contributed by atoms with E-state index in [0.717, 1.165) is 22.4 Å². The highest BCUT2D eigenvalue weighted by molar-refractivity contribution is 8.03. The Bertz CT molecular complexity index is 954. The van der Waals surface area contributed by atoms with E-state index in [0.29, 0.717) is 17.2 Å². The van der Waals surface area contributed by atoms with Gasteiger partial charge in [-0.15, -0.1) is 12.4 Å². The second-order valence-electron chi connectivity index (χ2n) is 6.06. The van der Waals surface area contributed by atoms with Gasteiger partial charge >= 0.3 is 5.97 Å². The first-order valence-electron chi connectivity index (χ1n) is 8.52. The van der Waals surface area contributed by atoms with E-state index in [1.165, 1.54) is 11.8 Å². The van der Waals surface area contributed by atoms with Crippen molar-refractivity contribution in [3.05, 3.63) is 76.6 Å². The number of carbonyl (C=O) groups excluding carboxylic acids is 1. The maximum atomic E-state index is 12.6. The monoisotopic (exact) mass is 401 g/mol. The second-order valence-corrected chi connectivity index (χ2v) is 7.25. The van der Waals surface area contributed by atoms with Gasteiger partial charge in [0, 0.05) is 5.92 Å². The Morgan fingerprint density at radius 3 is 2.59 bits per heavy atom. The normalized spacial score (nSPS) is 19.1. The number of hydrogen-bond acceptors (Lipinski definition) is 5. The van der Waals surface area contributed by atoms with Crippen molar-refractivity contribution in [3.63, 3.8) is 0 Å². The standard InChI is InChI=1S/C20H19N3O2S.ClH/c1-2-25-20(24)16-15(12-8-4-3-5-9-12)17(26-18(16)21)19-22-13-10-6-7-11-14(13)23-19;/h3-11,15,17H,2,21H2,1H3,(H,22,23);1H. The quantitative estimate of drug-likeness (QED) is 0.637. The number of imidazole rings is 1. The number of para-hydroxylation sites is 2. The first-order valence-corrected chi connectivity index (χ1v) is 9.40.